The highest BCUT2D eigenvalue weighted by Crippen LogP contribution is 2.18. The molecule has 17 heavy (non-hydrogen) atoms. The number of fused-ring (bicyclic) bond motifs is 1. The number of rotatable bonds is 4. The first-order valence-electron chi connectivity index (χ1n) is 5.47. The summed E-state index contributed by atoms with van der Waals surface area (Å²) in [6.45, 7) is 5.70. The third-order valence-corrected chi connectivity index (χ3v) is 3.42. The van der Waals surface area contributed by atoms with Gasteiger partial charge in [0, 0.05) is 5.56 Å². The Labute approximate surface area is 106 Å². The van der Waals surface area contributed by atoms with Crippen LogP contribution in [0.15, 0.2) is 53.9 Å². The normalized spacial score (nSPS) is 10.4. The van der Waals surface area contributed by atoms with E-state index in [0.717, 1.165) is 21.2 Å². The molecule has 1 nitrogen and oxygen atoms in total. The maximum Gasteiger partial charge on any atom is 0.173 e. The first kappa shape index (κ1) is 11.9. The van der Waals surface area contributed by atoms with E-state index in [1.54, 1.807) is 0 Å². The molecular weight excluding hydrogens is 228 g/mol. The van der Waals surface area contributed by atoms with Gasteiger partial charge in [-0.25, -0.2) is 0 Å². The first-order valence-corrected chi connectivity index (χ1v) is 6.46. The Bertz CT molecular complexity index is 572. The minimum Gasteiger partial charge on any atom is -0.293 e. The second-order valence-electron chi connectivity index (χ2n) is 3.98. The third kappa shape index (κ3) is 2.98. The average Bonchev–Trinajstić information content (AvgIpc) is 2.35. The average molecular weight is 242 g/mol. The van der Waals surface area contributed by atoms with Crippen molar-refractivity contribution in [1.29, 1.82) is 0 Å². The summed E-state index contributed by atoms with van der Waals surface area (Å²) in [7, 11) is 0. The smallest absolute Gasteiger partial charge is 0.173 e. The van der Waals surface area contributed by atoms with Crippen LogP contribution in [-0.4, -0.2) is 11.5 Å². The summed E-state index contributed by atoms with van der Waals surface area (Å²) in [6, 6.07) is 13.9. The van der Waals surface area contributed by atoms with Gasteiger partial charge in [0.25, 0.3) is 0 Å². The Kier molecular flexibility index (Phi) is 3.64. The van der Waals surface area contributed by atoms with Gasteiger partial charge in [-0.2, -0.15) is 0 Å². The molecule has 86 valence electrons. The van der Waals surface area contributed by atoms with Crippen LogP contribution in [0.2, 0.25) is 0 Å². The number of Topliss-reactive ketones (excluding diaryl/α,β-unsaturated/α-hetero) is 1. The van der Waals surface area contributed by atoms with Crippen LogP contribution in [0.3, 0.4) is 0 Å². The standard InChI is InChI=1S/C15H14OS/c1-11(2)17-10-15(16)14-8-7-12-5-3-4-6-13(12)9-14/h3-9H,1,10H2,2H3. The highest BCUT2D eigenvalue weighted by molar-refractivity contribution is 8.03. The summed E-state index contributed by atoms with van der Waals surface area (Å²) in [5.41, 5.74) is 0.775. The molecule has 0 amide bonds. The fourth-order valence-corrected chi connectivity index (χ4v) is 2.18. The summed E-state index contributed by atoms with van der Waals surface area (Å²) in [6.07, 6.45) is 0. The quantitative estimate of drug-likeness (QED) is 0.744. The first-order chi connectivity index (χ1) is 8.16. The maximum atomic E-state index is 11.9. The van der Waals surface area contributed by atoms with Gasteiger partial charge in [0.05, 0.1) is 5.75 Å². The number of ketones is 1. The van der Waals surface area contributed by atoms with Crippen LogP contribution >= 0.6 is 11.8 Å². The van der Waals surface area contributed by atoms with Gasteiger partial charge in [0.2, 0.25) is 0 Å². The molecule has 0 aromatic heterocycles. The zero-order valence-corrected chi connectivity index (χ0v) is 10.6. The van der Waals surface area contributed by atoms with E-state index in [2.05, 4.69) is 6.58 Å². The lowest BCUT2D eigenvalue weighted by molar-refractivity contribution is 0.102. The molecule has 0 N–H and O–H groups in total. The Hall–Kier alpha value is -1.54. The molecule has 0 spiro atoms. The van der Waals surface area contributed by atoms with Gasteiger partial charge in [0.15, 0.2) is 5.78 Å². The molecule has 2 heteroatoms. The van der Waals surface area contributed by atoms with Gasteiger partial charge in [0.1, 0.15) is 0 Å². The number of hydrogen-bond acceptors (Lipinski definition) is 2. The summed E-state index contributed by atoms with van der Waals surface area (Å²) in [5.74, 6) is 0.622. The van der Waals surface area contributed by atoms with Gasteiger partial charge in [-0.3, -0.25) is 4.79 Å². The number of benzene rings is 2. The van der Waals surface area contributed by atoms with E-state index in [1.807, 2.05) is 49.4 Å². The van der Waals surface area contributed by atoms with Crippen LogP contribution in [0, 0.1) is 0 Å². The highest BCUT2D eigenvalue weighted by Gasteiger charge is 2.06. The minimum atomic E-state index is 0.156. The fourth-order valence-electron chi connectivity index (χ4n) is 1.63. The molecule has 2 aromatic carbocycles. The van der Waals surface area contributed by atoms with Gasteiger partial charge in [-0.1, -0.05) is 43.0 Å². The Morgan fingerprint density at radius 2 is 1.88 bits per heavy atom. The zero-order valence-electron chi connectivity index (χ0n) is 9.77. The van der Waals surface area contributed by atoms with Crippen molar-refractivity contribution in [1.82, 2.24) is 0 Å². The Morgan fingerprint density at radius 1 is 1.18 bits per heavy atom. The molecule has 0 fully saturated rings. The number of allylic oxidation sites excluding steroid dienone is 1. The van der Waals surface area contributed by atoms with E-state index < -0.39 is 0 Å². The molecule has 0 bridgehead atoms. The molecule has 0 saturated carbocycles. The number of thioether (sulfide) groups is 1. The lowest BCUT2D eigenvalue weighted by Gasteiger charge is -2.03. The zero-order chi connectivity index (χ0) is 12.3. The SMILES string of the molecule is C=C(C)SCC(=O)c1ccc2ccccc2c1. The van der Waals surface area contributed by atoms with Gasteiger partial charge < -0.3 is 0 Å². The predicted molar refractivity (Wildman–Crippen MR) is 75.6 cm³/mol. The van der Waals surface area contributed by atoms with Gasteiger partial charge >= 0.3 is 0 Å². The van der Waals surface area contributed by atoms with E-state index >= 15 is 0 Å². The summed E-state index contributed by atoms with van der Waals surface area (Å²) in [4.78, 5) is 12.9. The van der Waals surface area contributed by atoms with Crippen molar-refractivity contribution >= 4 is 28.3 Å². The van der Waals surface area contributed by atoms with Crippen molar-refractivity contribution in [2.75, 3.05) is 5.75 Å². The van der Waals surface area contributed by atoms with Crippen LogP contribution in [0.4, 0.5) is 0 Å². The molecule has 0 aliphatic rings. The largest absolute Gasteiger partial charge is 0.293 e. The Morgan fingerprint density at radius 3 is 2.59 bits per heavy atom. The molecule has 0 aliphatic heterocycles. The van der Waals surface area contributed by atoms with Crippen LogP contribution in [0.25, 0.3) is 10.8 Å². The second kappa shape index (κ2) is 5.19. The number of hydrogen-bond donors (Lipinski definition) is 0. The van der Waals surface area contributed by atoms with Gasteiger partial charge in [-0.05, 0) is 28.7 Å². The molecular formula is C15H14OS. The van der Waals surface area contributed by atoms with Crippen molar-refractivity contribution in [2.45, 2.75) is 6.92 Å². The molecule has 0 radical (unpaired) electrons. The summed E-state index contributed by atoms with van der Waals surface area (Å²) >= 11 is 1.50. The lowest BCUT2D eigenvalue weighted by atomic mass is 10.1. The van der Waals surface area contributed by atoms with Crippen molar-refractivity contribution in [3.05, 3.63) is 59.5 Å². The molecule has 2 aromatic rings. The van der Waals surface area contributed by atoms with E-state index in [4.69, 9.17) is 0 Å². The van der Waals surface area contributed by atoms with E-state index in [0.29, 0.717) is 5.75 Å². The molecule has 2 rings (SSSR count). The third-order valence-electron chi connectivity index (χ3n) is 2.52. The predicted octanol–water partition coefficient (Wildman–Crippen LogP) is 4.29. The topological polar surface area (TPSA) is 17.1 Å². The van der Waals surface area contributed by atoms with Crippen molar-refractivity contribution in [3.63, 3.8) is 0 Å². The van der Waals surface area contributed by atoms with E-state index in [-0.39, 0.29) is 5.78 Å². The molecule has 0 unspecified atom stereocenters. The van der Waals surface area contributed by atoms with E-state index in [9.17, 15) is 4.79 Å². The van der Waals surface area contributed by atoms with Crippen molar-refractivity contribution in [3.8, 4) is 0 Å². The fraction of sp³-hybridized carbons (Fsp3) is 0.133. The molecule has 0 atom stereocenters. The molecule has 0 saturated heterocycles. The monoisotopic (exact) mass is 242 g/mol. The Balaban J connectivity index is 2.24. The van der Waals surface area contributed by atoms with Crippen molar-refractivity contribution in [2.24, 2.45) is 0 Å². The lowest BCUT2D eigenvalue weighted by Crippen LogP contribution is -2.01. The molecule has 0 aliphatic carbocycles. The second-order valence-corrected chi connectivity index (χ2v) is 5.25. The maximum absolute atomic E-state index is 11.9. The number of carbonyl (C=O) groups excluding carboxylic acids is 1. The van der Waals surface area contributed by atoms with E-state index in [1.165, 1.54) is 11.8 Å². The molecule has 0 heterocycles. The van der Waals surface area contributed by atoms with Crippen LogP contribution in [0.5, 0.6) is 0 Å². The number of carbonyl (C=O) groups is 1. The highest BCUT2D eigenvalue weighted by atomic mass is 32.2. The van der Waals surface area contributed by atoms with Crippen LogP contribution < -0.4 is 0 Å². The van der Waals surface area contributed by atoms with Crippen molar-refractivity contribution < 1.29 is 4.79 Å². The summed E-state index contributed by atoms with van der Waals surface area (Å²) in [5, 5.41) is 2.27. The van der Waals surface area contributed by atoms with Crippen LogP contribution in [-0.2, 0) is 0 Å². The minimum absolute atomic E-state index is 0.156. The summed E-state index contributed by atoms with van der Waals surface area (Å²) < 4.78 is 0. The van der Waals surface area contributed by atoms with Gasteiger partial charge in [-0.15, -0.1) is 11.8 Å². The van der Waals surface area contributed by atoms with Crippen LogP contribution in [0.1, 0.15) is 17.3 Å².